The molecule has 112 valence electrons. The highest BCUT2D eigenvalue weighted by molar-refractivity contribution is 5.89. The van der Waals surface area contributed by atoms with Crippen LogP contribution in [0.1, 0.15) is 43.3 Å². The Kier molecular flexibility index (Phi) is 4.42. The molecule has 20 heavy (non-hydrogen) atoms. The molecule has 0 radical (unpaired) electrons. The van der Waals surface area contributed by atoms with Crippen LogP contribution in [0.25, 0.3) is 0 Å². The third-order valence-electron chi connectivity index (χ3n) is 3.83. The van der Waals surface area contributed by atoms with Gasteiger partial charge in [-0.15, -0.1) is 10.2 Å². The molecule has 6 nitrogen and oxygen atoms in total. The van der Waals surface area contributed by atoms with E-state index in [1.54, 1.807) is 11.9 Å². The van der Waals surface area contributed by atoms with Crippen LogP contribution in [-0.4, -0.2) is 59.6 Å². The van der Waals surface area contributed by atoms with Crippen molar-refractivity contribution in [1.82, 2.24) is 20.0 Å². The number of aryl methyl sites for hydroxylation is 1. The van der Waals surface area contributed by atoms with Crippen molar-refractivity contribution in [2.24, 2.45) is 5.41 Å². The lowest BCUT2D eigenvalue weighted by Crippen LogP contribution is -2.38. The highest BCUT2D eigenvalue weighted by Gasteiger charge is 2.35. The minimum absolute atomic E-state index is 0.103. The molecule has 1 aromatic rings. The summed E-state index contributed by atoms with van der Waals surface area (Å²) in [5.41, 5.74) is 0.144. The van der Waals surface area contributed by atoms with Crippen molar-refractivity contribution >= 4 is 5.91 Å². The SMILES string of the molecule is CCCc1nnc(C(=O)N(C)CC2(C)CCN(C)C2)o1. The van der Waals surface area contributed by atoms with E-state index in [-0.39, 0.29) is 17.2 Å². The topological polar surface area (TPSA) is 62.5 Å². The smallest absolute Gasteiger partial charge is 0.311 e. The molecule has 6 heteroatoms. The molecule has 1 fully saturated rings. The summed E-state index contributed by atoms with van der Waals surface area (Å²) in [6.07, 6.45) is 2.74. The van der Waals surface area contributed by atoms with Crippen LogP contribution in [0.4, 0.5) is 0 Å². The first-order valence-corrected chi connectivity index (χ1v) is 7.20. The van der Waals surface area contributed by atoms with Crippen LogP contribution in [0.15, 0.2) is 4.42 Å². The Morgan fingerprint density at radius 3 is 2.85 bits per heavy atom. The van der Waals surface area contributed by atoms with Crippen LogP contribution in [0.5, 0.6) is 0 Å². The van der Waals surface area contributed by atoms with E-state index in [1.165, 1.54) is 0 Å². The predicted molar refractivity (Wildman–Crippen MR) is 75.5 cm³/mol. The maximum Gasteiger partial charge on any atom is 0.311 e. The van der Waals surface area contributed by atoms with E-state index in [4.69, 9.17) is 4.42 Å². The maximum absolute atomic E-state index is 12.3. The van der Waals surface area contributed by atoms with Crippen LogP contribution in [-0.2, 0) is 6.42 Å². The number of hydrogen-bond donors (Lipinski definition) is 0. The van der Waals surface area contributed by atoms with Crippen LogP contribution < -0.4 is 0 Å². The second kappa shape index (κ2) is 5.91. The molecule has 0 spiro atoms. The zero-order valence-electron chi connectivity index (χ0n) is 12.8. The Bertz CT molecular complexity index is 473. The van der Waals surface area contributed by atoms with Gasteiger partial charge in [0.25, 0.3) is 0 Å². The van der Waals surface area contributed by atoms with E-state index >= 15 is 0 Å². The number of hydrogen-bond acceptors (Lipinski definition) is 5. The summed E-state index contributed by atoms with van der Waals surface area (Å²) in [4.78, 5) is 16.3. The second-order valence-electron chi connectivity index (χ2n) is 6.21. The van der Waals surface area contributed by atoms with Crippen molar-refractivity contribution in [3.8, 4) is 0 Å². The summed E-state index contributed by atoms with van der Waals surface area (Å²) >= 11 is 0. The Balaban J connectivity index is 1.97. The first-order valence-electron chi connectivity index (χ1n) is 7.20. The number of carbonyl (C=O) groups is 1. The number of carbonyl (C=O) groups excluding carboxylic acids is 1. The van der Waals surface area contributed by atoms with Gasteiger partial charge in [0.1, 0.15) is 0 Å². The molecule has 0 bridgehead atoms. The van der Waals surface area contributed by atoms with E-state index in [0.29, 0.717) is 18.9 Å². The van der Waals surface area contributed by atoms with Gasteiger partial charge in [-0.05, 0) is 31.8 Å². The van der Waals surface area contributed by atoms with E-state index in [0.717, 1.165) is 25.9 Å². The van der Waals surface area contributed by atoms with E-state index in [2.05, 4.69) is 29.1 Å². The Morgan fingerprint density at radius 2 is 2.25 bits per heavy atom. The summed E-state index contributed by atoms with van der Waals surface area (Å²) < 4.78 is 5.40. The van der Waals surface area contributed by atoms with Crippen molar-refractivity contribution in [2.45, 2.75) is 33.1 Å². The Morgan fingerprint density at radius 1 is 1.50 bits per heavy atom. The van der Waals surface area contributed by atoms with Gasteiger partial charge < -0.3 is 14.2 Å². The molecular formula is C14H24N4O2. The van der Waals surface area contributed by atoms with Gasteiger partial charge in [-0.2, -0.15) is 0 Å². The molecular weight excluding hydrogens is 256 g/mol. The molecule has 1 unspecified atom stereocenters. The zero-order chi connectivity index (χ0) is 14.8. The molecule has 1 aliphatic rings. The molecule has 2 heterocycles. The quantitative estimate of drug-likeness (QED) is 0.816. The lowest BCUT2D eigenvalue weighted by atomic mass is 9.89. The molecule has 0 aliphatic carbocycles. The largest absolute Gasteiger partial charge is 0.417 e. The number of amides is 1. The van der Waals surface area contributed by atoms with Crippen LogP contribution in [0.3, 0.4) is 0 Å². The summed E-state index contributed by atoms with van der Waals surface area (Å²) in [5, 5.41) is 7.75. The maximum atomic E-state index is 12.3. The lowest BCUT2D eigenvalue weighted by molar-refractivity contribution is 0.0689. The van der Waals surface area contributed by atoms with Crippen molar-refractivity contribution in [3.63, 3.8) is 0 Å². The first kappa shape index (κ1) is 15.0. The summed E-state index contributed by atoms with van der Waals surface area (Å²) in [5.74, 6) is 0.456. The number of aromatic nitrogens is 2. The summed E-state index contributed by atoms with van der Waals surface area (Å²) in [6.45, 7) is 7.06. The van der Waals surface area contributed by atoms with Gasteiger partial charge in [-0.3, -0.25) is 4.79 Å². The normalized spacial score (nSPS) is 23.2. The monoisotopic (exact) mass is 280 g/mol. The first-order chi connectivity index (χ1) is 9.43. The number of likely N-dealkylation sites (tertiary alicyclic amines) is 1. The summed E-state index contributed by atoms with van der Waals surface area (Å²) in [7, 11) is 3.91. The van der Waals surface area contributed by atoms with Gasteiger partial charge in [0.2, 0.25) is 5.89 Å². The van der Waals surface area contributed by atoms with Gasteiger partial charge in [0.15, 0.2) is 0 Å². The minimum atomic E-state index is -0.185. The van der Waals surface area contributed by atoms with Crippen molar-refractivity contribution in [2.75, 3.05) is 33.7 Å². The standard InChI is InChI=1S/C14H24N4O2/c1-5-6-11-15-16-12(20-11)13(19)18(4)10-14(2)7-8-17(3)9-14/h5-10H2,1-4H3. The van der Waals surface area contributed by atoms with Crippen molar-refractivity contribution < 1.29 is 9.21 Å². The van der Waals surface area contributed by atoms with E-state index in [1.807, 2.05) is 6.92 Å². The fraction of sp³-hybridized carbons (Fsp3) is 0.786. The molecule has 2 rings (SSSR count). The number of nitrogens with zero attached hydrogens (tertiary/aromatic N) is 4. The highest BCUT2D eigenvalue weighted by atomic mass is 16.4. The number of rotatable bonds is 5. The van der Waals surface area contributed by atoms with Gasteiger partial charge in [-0.1, -0.05) is 13.8 Å². The fourth-order valence-corrected chi connectivity index (χ4v) is 2.86. The second-order valence-corrected chi connectivity index (χ2v) is 6.21. The van der Waals surface area contributed by atoms with E-state index in [9.17, 15) is 4.79 Å². The van der Waals surface area contributed by atoms with Crippen molar-refractivity contribution in [1.29, 1.82) is 0 Å². The molecule has 1 saturated heterocycles. The van der Waals surface area contributed by atoms with Crippen LogP contribution in [0.2, 0.25) is 0 Å². The Labute approximate surface area is 120 Å². The third-order valence-corrected chi connectivity index (χ3v) is 3.83. The van der Waals surface area contributed by atoms with Gasteiger partial charge >= 0.3 is 11.8 Å². The zero-order valence-corrected chi connectivity index (χ0v) is 12.8. The molecule has 1 atom stereocenters. The summed E-state index contributed by atoms with van der Waals surface area (Å²) in [6, 6.07) is 0. The molecule has 1 amide bonds. The van der Waals surface area contributed by atoms with Gasteiger partial charge in [0.05, 0.1) is 0 Å². The average molecular weight is 280 g/mol. The molecule has 0 N–H and O–H groups in total. The van der Waals surface area contributed by atoms with Crippen LogP contribution >= 0.6 is 0 Å². The van der Waals surface area contributed by atoms with Gasteiger partial charge in [-0.25, -0.2) is 0 Å². The average Bonchev–Trinajstić information content (AvgIpc) is 2.96. The fourth-order valence-electron chi connectivity index (χ4n) is 2.86. The third kappa shape index (κ3) is 3.36. The highest BCUT2D eigenvalue weighted by Crippen LogP contribution is 2.29. The lowest BCUT2D eigenvalue weighted by Gasteiger charge is -2.29. The molecule has 1 aromatic heterocycles. The predicted octanol–water partition coefficient (Wildman–Crippen LogP) is 1.44. The van der Waals surface area contributed by atoms with Crippen LogP contribution in [0, 0.1) is 5.41 Å². The molecule has 0 aromatic carbocycles. The minimum Gasteiger partial charge on any atom is -0.417 e. The molecule has 0 saturated carbocycles. The molecule has 1 aliphatic heterocycles. The van der Waals surface area contributed by atoms with Gasteiger partial charge in [0, 0.05) is 26.6 Å². The van der Waals surface area contributed by atoms with Crippen molar-refractivity contribution in [3.05, 3.63) is 11.8 Å². The Hall–Kier alpha value is -1.43. The van der Waals surface area contributed by atoms with E-state index < -0.39 is 0 Å².